The average Bonchev–Trinajstić information content (AvgIpc) is 3.10. The van der Waals surface area contributed by atoms with Gasteiger partial charge in [0.1, 0.15) is 0 Å². The zero-order valence-corrected chi connectivity index (χ0v) is 27.9. The SMILES string of the molecule is Cc1ccc(-c2cc(C(=O)NC3CCC(NC(=O)c4cc(-c5ccc(C)c(C)c5)nc5ccccc45)CC3)c3ccccc3n2)cc1C. The summed E-state index contributed by atoms with van der Waals surface area (Å²) >= 11 is 0. The molecule has 0 atom stereocenters. The number of nitrogens with zero attached hydrogens (tertiary/aromatic N) is 2. The van der Waals surface area contributed by atoms with Crippen molar-refractivity contribution in [2.75, 3.05) is 0 Å². The normalized spacial score (nSPS) is 16.2. The van der Waals surface area contributed by atoms with E-state index in [1.165, 1.54) is 22.3 Å². The molecular weight excluding hydrogens is 592 g/mol. The number of aromatic nitrogens is 2. The molecule has 2 heterocycles. The second kappa shape index (κ2) is 13.0. The van der Waals surface area contributed by atoms with Crippen LogP contribution in [0.5, 0.6) is 0 Å². The topological polar surface area (TPSA) is 84.0 Å². The first kappa shape index (κ1) is 31.3. The summed E-state index contributed by atoms with van der Waals surface area (Å²) in [6.07, 6.45) is 3.15. The van der Waals surface area contributed by atoms with Gasteiger partial charge in [-0.15, -0.1) is 0 Å². The Morgan fingerprint density at radius 1 is 0.521 bits per heavy atom. The molecule has 1 fully saturated rings. The van der Waals surface area contributed by atoms with Gasteiger partial charge >= 0.3 is 0 Å². The maximum absolute atomic E-state index is 13.8. The number of benzene rings is 4. The molecule has 7 rings (SSSR count). The Balaban J connectivity index is 1.05. The Morgan fingerprint density at radius 3 is 1.31 bits per heavy atom. The quantitative estimate of drug-likeness (QED) is 0.192. The summed E-state index contributed by atoms with van der Waals surface area (Å²) in [5.41, 5.74) is 11.3. The number of pyridine rings is 2. The lowest BCUT2D eigenvalue weighted by atomic mass is 9.90. The van der Waals surface area contributed by atoms with Crippen LogP contribution in [0.4, 0.5) is 0 Å². The lowest BCUT2D eigenvalue weighted by molar-refractivity contribution is 0.0893. The highest BCUT2D eigenvalue weighted by molar-refractivity contribution is 6.08. The van der Waals surface area contributed by atoms with Crippen molar-refractivity contribution in [3.63, 3.8) is 0 Å². The molecule has 0 radical (unpaired) electrons. The Morgan fingerprint density at radius 2 is 0.917 bits per heavy atom. The molecule has 1 aliphatic rings. The Hall–Kier alpha value is -5.36. The maximum atomic E-state index is 13.8. The van der Waals surface area contributed by atoms with E-state index < -0.39 is 0 Å². The number of para-hydroxylation sites is 2. The molecule has 48 heavy (non-hydrogen) atoms. The van der Waals surface area contributed by atoms with Gasteiger partial charge in [-0.05, 0) is 112 Å². The maximum Gasteiger partial charge on any atom is 0.252 e. The first-order valence-corrected chi connectivity index (χ1v) is 16.8. The minimum atomic E-state index is -0.0895. The average molecular weight is 633 g/mol. The van der Waals surface area contributed by atoms with E-state index in [0.717, 1.165) is 70.0 Å². The fourth-order valence-corrected chi connectivity index (χ4v) is 6.73. The third kappa shape index (κ3) is 6.30. The van der Waals surface area contributed by atoms with Crippen LogP contribution in [0.25, 0.3) is 44.3 Å². The molecule has 1 saturated carbocycles. The Bertz CT molecular complexity index is 2040. The van der Waals surface area contributed by atoms with Crippen LogP contribution < -0.4 is 10.6 Å². The van der Waals surface area contributed by atoms with Crippen molar-refractivity contribution in [3.05, 3.63) is 130 Å². The van der Waals surface area contributed by atoms with Crippen LogP contribution in [-0.2, 0) is 0 Å². The summed E-state index contributed by atoms with van der Waals surface area (Å²) in [5, 5.41) is 8.29. The van der Waals surface area contributed by atoms with Gasteiger partial charge in [-0.3, -0.25) is 9.59 Å². The minimum absolute atomic E-state index is 0.0285. The molecule has 0 unspecified atom stereocenters. The van der Waals surface area contributed by atoms with Gasteiger partial charge in [-0.1, -0.05) is 60.7 Å². The molecule has 4 aromatic carbocycles. The van der Waals surface area contributed by atoms with E-state index in [9.17, 15) is 9.59 Å². The number of amides is 2. The zero-order valence-electron chi connectivity index (χ0n) is 27.9. The molecule has 2 amide bonds. The number of aryl methyl sites for hydroxylation is 4. The van der Waals surface area contributed by atoms with Gasteiger partial charge in [0.2, 0.25) is 0 Å². The van der Waals surface area contributed by atoms with E-state index in [1.807, 2.05) is 60.7 Å². The number of fused-ring (bicyclic) bond motifs is 2. The molecule has 0 aliphatic heterocycles. The van der Waals surface area contributed by atoms with Crippen molar-refractivity contribution in [1.29, 1.82) is 0 Å². The van der Waals surface area contributed by atoms with Crippen molar-refractivity contribution < 1.29 is 9.59 Å². The van der Waals surface area contributed by atoms with E-state index in [0.29, 0.717) is 11.1 Å². The van der Waals surface area contributed by atoms with Crippen LogP contribution in [0, 0.1) is 27.7 Å². The summed E-state index contributed by atoms with van der Waals surface area (Å²) < 4.78 is 0. The molecule has 2 aromatic heterocycles. The lowest BCUT2D eigenvalue weighted by Gasteiger charge is -2.30. The monoisotopic (exact) mass is 632 g/mol. The molecule has 6 heteroatoms. The molecule has 1 aliphatic carbocycles. The van der Waals surface area contributed by atoms with Crippen molar-refractivity contribution >= 4 is 33.6 Å². The summed E-state index contributed by atoms with van der Waals surface area (Å²) in [6, 6.07) is 32.1. The molecule has 6 nitrogen and oxygen atoms in total. The standard InChI is InChI=1S/C42H40N4O2/c1-25-13-15-29(21-27(25)3)39-23-35(33-9-5-7-11-37(33)45-39)41(47)43-31-17-19-32(20-18-31)44-42(48)36-24-40(30-16-14-26(2)28(4)22-30)46-38-12-8-6-10-34(36)38/h5-16,21-24,31-32H,17-20H2,1-4H3,(H,43,47)(H,44,48). The highest BCUT2D eigenvalue weighted by Gasteiger charge is 2.26. The summed E-state index contributed by atoms with van der Waals surface area (Å²) in [7, 11) is 0. The Kier molecular flexibility index (Phi) is 8.49. The van der Waals surface area contributed by atoms with E-state index in [1.54, 1.807) is 0 Å². The van der Waals surface area contributed by atoms with Gasteiger partial charge in [0, 0.05) is 34.0 Å². The first-order chi connectivity index (χ1) is 23.2. The number of carbonyl (C=O) groups excluding carboxylic acids is 2. The highest BCUT2D eigenvalue weighted by atomic mass is 16.2. The molecule has 2 N–H and O–H groups in total. The van der Waals surface area contributed by atoms with Crippen LogP contribution in [0.2, 0.25) is 0 Å². The molecule has 0 saturated heterocycles. The van der Waals surface area contributed by atoms with Crippen molar-refractivity contribution in [2.45, 2.75) is 65.5 Å². The molecule has 0 bridgehead atoms. The van der Waals surface area contributed by atoms with Gasteiger partial charge in [-0.2, -0.15) is 0 Å². The van der Waals surface area contributed by atoms with E-state index in [2.05, 4.69) is 74.7 Å². The molecule has 0 spiro atoms. The first-order valence-electron chi connectivity index (χ1n) is 16.8. The predicted octanol–water partition coefficient (Wildman–Crippen LogP) is 8.82. The van der Waals surface area contributed by atoms with Crippen molar-refractivity contribution in [2.24, 2.45) is 0 Å². The summed E-state index contributed by atoms with van der Waals surface area (Å²) in [6.45, 7) is 8.37. The fourth-order valence-electron chi connectivity index (χ4n) is 6.73. The van der Waals surface area contributed by atoms with Gasteiger partial charge in [0.15, 0.2) is 0 Å². The van der Waals surface area contributed by atoms with Gasteiger partial charge in [0.25, 0.3) is 11.8 Å². The number of rotatable bonds is 6. The van der Waals surface area contributed by atoms with Crippen LogP contribution in [0.1, 0.15) is 68.7 Å². The lowest BCUT2D eigenvalue weighted by Crippen LogP contribution is -2.44. The smallest absolute Gasteiger partial charge is 0.252 e. The summed E-state index contributed by atoms with van der Waals surface area (Å²) in [5.74, 6) is -0.179. The molecule has 240 valence electrons. The largest absolute Gasteiger partial charge is 0.349 e. The molecule has 6 aromatic rings. The predicted molar refractivity (Wildman–Crippen MR) is 194 cm³/mol. The minimum Gasteiger partial charge on any atom is -0.349 e. The molecular formula is C42H40N4O2. The van der Waals surface area contributed by atoms with Gasteiger partial charge in [0.05, 0.1) is 33.5 Å². The van der Waals surface area contributed by atoms with E-state index in [-0.39, 0.29) is 23.9 Å². The van der Waals surface area contributed by atoms with Crippen LogP contribution in [0.15, 0.2) is 97.1 Å². The van der Waals surface area contributed by atoms with Gasteiger partial charge < -0.3 is 10.6 Å². The highest BCUT2D eigenvalue weighted by Crippen LogP contribution is 2.29. The summed E-state index contributed by atoms with van der Waals surface area (Å²) in [4.78, 5) is 37.3. The number of hydrogen-bond acceptors (Lipinski definition) is 4. The van der Waals surface area contributed by atoms with E-state index in [4.69, 9.17) is 9.97 Å². The van der Waals surface area contributed by atoms with Crippen molar-refractivity contribution in [3.8, 4) is 22.5 Å². The fraction of sp³-hybridized carbons (Fsp3) is 0.238. The second-order valence-electron chi connectivity index (χ2n) is 13.2. The van der Waals surface area contributed by atoms with Crippen LogP contribution in [-0.4, -0.2) is 33.9 Å². The number of nitrogens with one attached hydrogen (secondary N) is 2. The third-order valence-corrected chi connectivity index (χ3v) is 9.92. The zero-order chi connectivity index (χ0) is 33.4. The third-order valence-electron chi connectivity index (χ3n) is 9.92. The van der Waals surface area contributed by atoms with Crippen LogP contribution in [0.3, 0.4) is 0 Å². The van der Waals surface area contributed by atoms with Gasteiger partial charge in [-0.25, -0.2) is 9.97 Å². The number of carbonyl (C=O) groups is 2. The van der Waals surface area contributed by atoms with Crippen molar-refractivity contribution in [1.82, 2.24) is 20.6 Å². The van der Waals surface area contributed by atoms with Crippen LogP contribution >= 0.6 is 0 Å². The Labute approximate surface area is 281 Å². The van der Waals surface area contributed by atoms with E-state index >= 15 is 0 Å². The second-order valence-corrected chi connectivity index (χ2v) is 13.2. The number of hydrogen-bond donors (Lipinski definition) is 2.